The lowest BCUT2D eigenvalue weighted by Crippen LogP contribution is -2.43. The minimum Gasteiger partial charge on any atom is -0.369 e. The third kappa shape index (κ3) is 7.31. The van der Waals surface area contributed by atoms with Crippen molar-refractivity contribution < 1.29 is 4.79 Å². The number of pyridine rings is 1. The van der Waals surface area contributed by atoms with Gasteiger partial charge in [-0.05, 0) is 55.3 Å². The molecule has 3 aromatic heterocycles. The zero-order valence-corrected chi connectivity index (χ0v) is 23.7. The largest absolute Gasteiger partial charge is 0.369 e. The summed E-state index contributed by atoms with van der Waals surface area (Å²) in [6.45, 7) is 10.8. The van der Waals surface area contributed by atoms with Gasteiger partial charge in [0.1, 0.15) is 17.3 Å². The van der Waals surface area contributed by atoms with Crippen molar-refractivity contribution in [3.8, 4) is 11.5 Å². The summed E-state index contributed by atoms with van der Waals surface area (Å²) in [7, 11) is 0. The van der Waals surface area contributed by atoms with Gasteiger partial charge in [0.25, 0.3) is 0 Å². The summed E-state index contributed by atoms with van der Waals surface area (Å²) in [5.41, 5.74) is 9.62. The number of nitrogens with zero attached hydrogens (tertiary/aromatic N) is 7. The number of carbonyl (C=O) groups is 1. The average Bonchev–Trinajstić information content (AvgIpc) is 2.96. The molecular weight excluding hydrogens is 516 g/mol. The number of hydrogen-bond acceptors (Lipinski definition) is 10. The van der Waals surface area contributed by atoms with Crippen molar-refractivity contribution >= 4 is 34.9 Å². The molecule has 0 saturated carbocycles. The lowest BCUT2D eigenvalue weighted by Gasteiger charge is -2.29. The molecule has 1 aliphatic rings. The van der Waals surface area contributed by atoms with Gasteiger partial charge in [-0.1, -0.05) is 19.9 Å². The Morgan fingerprint density at radius 3 is 2.51 bits per heavy atom. The summed E-state index contributed by atoms with van der Waals surface area (Å²) in [6, 6.07) is 17.6. The summed E-state index contributed by atoms with van der Waals surface area (Å²) in [5.74, 6) is 1.99. The fraction of sp³-hybridized carbons (Fsp3) is 0.333. The van der Waals surface area contributed by atoms with Crippen LogP contribution < -0.4 is 26.2 Å². The summed E-state index contributed by atoms with van der Waals surface area (Å²) in [4.78, 5) is 39.6. The van der Waals surface area contributed by atoms with Crippen LogP contribution in [0.5, 0.6) is 0 Å². The molecule has 0 aliphatic carbocycles. The fourth-order valence-electron chi connectivity index (χ4n) is 4.71. The molecule has 1 amide bonds. The Morgan fingerprint density at radius 1 is 1.02 bits per heavy atom. The van der Waals surface area contributed by atoms with E-state index >= 15 is 0 Å². The summed E-state index contributed by atoms with van der Waals surface area (Å²) in [5, 5.41) is 6.72. The quantitative estimate of drug-likeness (QED) is 0.267. The van der Waals surface area contributed by atoms with E-state index in [4.69, 9.17) is 15.7 Å². The number of piperazine rings is 1. The molecule has 5 rings (SSSR count). The Balaban J connectivity index is 1.45. The molecule has 4 aromatic rings. The third-order valence-electron chi connectivity index (χ3n) is 6.59. The van der Waals surface area contributed by atoms with Crippen molar-refractivity contribution in [2.75, 3.05) is 47.8 Å². The van der Waals surface area contributed by atoms with E-state index in [2.05, 4.69) is 56.5 Å². The molecule has 212 valence electrons. The molecule has 41 heavy (non-hydrogen) atoms. The Kier molecular flexibility index (Phi) is 8.64. The van der Waals surface area contributed by atoms with Crippen LogP contribution in [0, 0.1) is 12.8 Å². The third-order valence-corrected chi connectivity index (χ3v) is 6.59. The SMILES string of the molecule is Cc1cccc(-c2nc(CC(N)=O)cc(N(CC(C)C)c3ccnc(Nc4ccc(N5CCNCC5)cc4)n3)n2)n1. The molecule has 1 saturated heterocycles. The topological polar surface area (TPSA) is 138 Å². The number of anilines is 5. The van der Waals surface area contributed by atoms with Crippen molar-refractivity contribution in [3.63, 3.8) is 0 Å². The van der Waals surface area contributed by atoms with E-state index in [1.807, 2.05) is 48.2 Å². The first-order valence-corrected chi connectivity index (χ1v) is 13.9. The molecule has 11 nitrogen and oxygen atoms in total. The predicted octanol–water partition coefficient (Wildman–Crippen LogP) is 3.61. The van der Waals surface area contributed by atoms with Gasteiger partial charge in [-0.2, -0.15) is 4.98 Å². The molecule has 0 spiro atoms. The Morgan fingerprint density at radius 2 is 1.80 bits per heavy atom. The summed E-state index contributed by atoms with van der Waals surface area (Å²) < 4.78 is 0. The number of rotatable bonds is 10. The van der Waals surface area contributed by atoms with Crippen LogP contribution in [-0.2, 0) is 11.2 Å². The predicted molar refractivity (Wildman–Crippen MR) is 162 cm³/mol. The van der Waals surface area contributed by atoms with Crippen LogP contribution in [0.15, 0.2) is 60.8 Å². The molecule has 1 aliphatic heterocycles. The first-order valence-electron chi connectivity index (χ1n) is 13.9. The molecular formula is C30H36N10O. The number of nitrogens with one attached hydrogen (secondary N) is 2. The second kappa shape index (κ2) is 12.7. The van der Waals surface area contributed by atoms with Gasteiger partial charge in [0.15, 0.2) is 5.82 Å². The van der Waals surface area contributed by atoms with E-state index in [0.717, 1.165) is 37.6 Å². The highest BCUT2D eigenvalue weighted by Crippen LogP contribution is 2.28. The normalized spacial score (nSPS) is 13.3. The van der Waals surface area contributed by atoms with E-state index in [1.54, 1.807) is 12.3 Å². The zero-order chi connectivity index (χ0) is 28.8. The van der Waals surface area contributed by atoms with Gasteiger partial charge in [0.05, 0.1) is 12.1 Å². The molecule has 1 aromatic carbocycles. The lowest BCUT2D eigenvalue weighted by atomic mass is 10.2. The Hall–Kier alpha value is -4.64. The van der Waals surface area contributed by atoms with Gasteiger partial charge >= 0.3 is 0 Å². The number of benzene rings is 1. The number of aryl methyl sites for hydroxylation is 1. The lowest BCUT2D eigenvalue weighted by molar-refractivity contribution is -0.117. The Labute approximate surface area is 240 Å². The second-order valence-corrected chi connectivity index (χ2v) is 10.5. The standard InChI is InChI=1S/C30H36N10O/c1-20(2)19-40(28-18-23(17-26(31)41)35-29(37-28)25-6-4-5-21(3)34-25)27-11-12-33-30(38-27)36-22-7-9-24(10-8-22)39-15-13-32-14-16-39/h4-12,18,20,32H,13-17,19H2,1-3H3,(H2,31,41)(H,33,36,38). The van der Waals surface area contributed by atoms with Crippen LogP contribution in [-0.4, -0.2) is 63.6 Å². The van der Waals surface area contributed by atoms with Crippen molar-refractivity contribution in [3.05, 3.63) is 72.2 Å². The van der Waals surface area contributed by atoms with Gasteiger partial charge in [-0.3, -0.25) is 4.79 Å². The Bertz CT molecular complexity index is 1490. The summed E-state index contributed by atoms with van der Waals surface area (Å²) >= 11 is 0. The molecule has 11 heteroatoms. The number of carbonyl (C=O) groups excluding carboxylic acids is 1. The first kappa shape index (κ1) is 27.9. The van der Waals surface area contributed by atoms with Crippen LogP contribution in [0.3, 0.4) is 0 Å². The van der Waals surface area contributed by atoms with Crippen LogP contribution in [0.2, 0.25) is 0 Å². The smallest absolute Gasteiger partial charge is 0.229 e. The van der Waals surface area contributed by atoms with Crippen molar-refractivity contribution in [2.24, 2.45) is 11.7 Å². The molecule has 4 heterocycles. The molecule has 4 N–H and O–H groups in total. The number of primary amides is 1. The highest BCUT2D eigenvalue weighted by atomic mass is 16.1. The van der Waals surface area contributed by atoms with Crippen molar-refractivity contribution in [2.45, 2.75) is 27.2 Å². The molecule has 0 unspecified atom stereocenters. The monoisotopic (exact) mass is 552 g/mol. The van der Waals surface area contributed by atoms with Crippen LogP contribution >= 0.6 is 0 Å². The minimum atomic E-state index is -0.468. The molecule has 0 radical (unpaired) electrons. The van der Waals surface area contributed by atoms with E-state index in [-0.39, 0.29) is 12.3 Å². The van der Waals surface area contributed by atoms with Gasteiger partial charge in [0, 0.05) is 62.1 Å². The second-order valence-electron chi connectivity index (χ2n) is 10.5. The van der Waals surface area contributed by atoms with Gasteiger partial charge < -0.3 is 26.2 Å². The van der Waals surface area contributed by atoms with E-state index in [1.165, 1.54) is 5.69 Å². The summed E-state index contributed by atoms with van der Waals surface area (Å²) in [6.07, 6.45) is 1.71. The highest BCUT2D eigenvalue weighted by Gasteiger charge is 2.19. The maximum atomic E-state index is 11.8. The first-order chi connectivity index (χ1) is 19.8. The average molecular weight is 553 g/mol. The van der Waals surface area contributed by atoms with E-state index in [9.17, 15) is 4.79 Å². The van der Waals surface area contributed by atoms with E-state index < -0.39 is 5.91 Å². The molecule has 0 atom stereocenters. The van der Waals surface area contributed by atoms with Crippen LogP contribution in [0.1, 0.15) is 25.2 Å². The molecule has 1 fully saturated rings. The van der Waals surface area contributed by atoms with Gasteiger partial charge in [0.2, 0.25) is 11.9 Å². The van der Waals surface area contributed by atoms with Gasteiger partial charge in [-0.25, -0.2) is 19.9 Å². The number of amides is 1. The maximum absolute atomic E-state index is 11.8. The zero-order valence-electron chi connectivity index (χ0n) is 23.7. The van der Waals surface area contributed by atoms with Gasteiger partial charge in [-0.15, -0.1) is 0 Å². The fourth-order valence-corrected chi connectivity index (χ4v) is 4.71. The number of hydrogen-bond donors (Lipinski definition) is 3. The van der Waals surface area contributed by atoms with Crippen LogP contribution in [0.25, 0.3) is 11.5 Å². The van der Waals surface area contributed by atoms with E-state index in [0.29, 0.717) is 41.3 Å². The van der Waals surface area contributed by atoms with Crippen LogP contribution in [0.4, 0.5) is 29.0 Å². The number of nitrogens with two attached hydrogens (primary N) is 1. The maximum Gasteiger partial charge on any atom is 0.229 e. The minimum absolute atomic E-state index is 0.00955. The van der Waals surface area contributed by atoms with Crippen molar-refractivity contribution in [1.82, 2.24) is 30.2 Å². The highest BCUT2D eigenvalue weighted by molar-refractivity contribution is 5.77. The van der Waals surface area contributed by atoms with Crippen molar-refractivity contribution in [1.29, 1.82) is 0 Å². The molecule has 0 bridgehead atoms. The number of aromatic nitrogens is 5.